The van der Waals surface area contributed by atoms with Crippen LogP contribution in [0.4, 0.5) is 0 Å². The van der Waals surface area contributed by atoms with Crippen LogP contribution in [-0.4, -0.2) is 15.2 Å². The van der Waals surface area contributed by atoms with E-state index < -0.39 is 0 Å². The van der Waals surface area contributed by atoms with Crippen molar-refractivity contribution in [1.82, 2.24) is 15.2 Å². The van der Waals surface area contributed by atoms with Gasteiger partial charge < -0.3 is 0 Å². The number of rotatable bonds is 0. The molecule has 0 saturated carbocycles. The van der Waals surface area contributed by atoms with Crippen LogP contribution < -0.4 is 0 Å². The second-order valence-electron chi connectivity index (χ2n) is 0.652. The molecular formula is C2H6Cl3N3. The van der Waals surface area contributed by atoms with Crippen molar-refractivity contribution in [3.8, 4) is 0 Å². The Morgan fingerprint density at radius 2 is 1.75 bits per heavy atom. The molecule has 6 heteroatoms. The predicted molar refractivity (Wildman–Crippen MR) is 38.1 cm³/mol. The van der Waals surface area contributed by atoms with Crippen molar-refractivity contribution in [3.63, 3.8) is 0 Å². The van der Waals surface area contributed by atoms with Gasteiger partial charge in [0, 0.05) is 0 Å². The zero-order valence-corrected chi connectivity index (χ0v) is 6.22. The molecule has 1 N–H and O–H groups in total. The maximum atomic E-state index is 3.56. The summed E-state index contributed by atoms with van der Waals surface area (Å²) in [5.41, 5.74) is 0. The number of nitrogens with zero attached hydrogens (tertiary/aromatic N) is 2. The molecule has 0 aliphatic heterocycles. The fraction of sp³-hybridized carbons (Fsp3) is 0. The molecule has 0 spiro atoms. The number of hydrogen-bond acceptors (Lipinski definition) is 2. The Labute approximate surface area is 65.5 Å². The van der Waals surface area contributed by atoms with E-state index in [4.69, 9.17) is 0 Å². The minimum atomic E-state index is 0. The van der Waals surface area contributed by atoms with Gasteiger partial charge >= 0.3 is 0 Å². The third-order valence-corrected chi connectivity index (χ3v) is 0.331. The van der Waals surface area contributed by atoms with E-state index in [2.05, 4.69) is 15.2 Å². The molecule has 0 aromatic carbocycles. The summed E-state index contributed by atoms with van der Waals surface area (Å²) in [5.74, 6) is 0. The number of aromatic nitrogens is 3. The van der Waals surface area contributed by atoms with Crippen molar-refractivity contribution < 1.29 is 0 Å². The van der Waals surface area contributed by atoms with Crippen LogP contribution in [0.2, 0.25) is 0 Å². The van der Waals surface area contributed by atoms with Gasteiger partial charge in [0.25, 0.3) is 0 Å². The van der Waals surface area contributed by atoms with E-state index in [1.165, 1.54) is 12.7 Å². The van der Waals surface area contributed by atoms with E-state index in [1.807, 2.05) is 0 Å². The molecule has 1 rings (SSSR count). The molecule has 0 fully saturated rings. The quantitative estimate of drug-likeness (QED) is 0.646. The number of nitrogens with one attached hydrogen (secondary N) is 1. The van der Waals surface area contributed by atoms with Crippen LogP contribution >= 0.6 is 37.2 Å². The first-order chi connectivity index (χ1) is 2.50. The van der Waals surface area contributed by atoms with Crippen molar-refractivity contribution in [3.05, 3.63) is 12.7 Å². The Kier molecular flexibility index (Phi) is 19.8. The molecule has 1 aromatic rings. The van der Waals surface area contributed by atoms with E-state index in [0.717, 1.165) is 0 Å². The zero-order valence-electron chi connectivity index (χ0n) is 3.77. The number of hydrogen-bond donors (Lipinski definition) is 1. The highest BCUT2D eigenvalue weighted by atomic mass is 35.5. The van der Waals surface area contributed by atoms with Gasteiger partial charge in [-0.05, 0) is 0 Å². The average Bonchev–Trinajstić information content (AvgIpc) is 1.76. The van der Waals surface area contributed by atoms with Gasteiger partial charge in [0.05, 0.1) is 0 Å². The van der Waals surface area contributed by atoms with Crippen LogP contribution in [0.15, 0.2) is 12.7 Å². The van der Waals surface area contributed by atoms with E-state index in [9.17, 15) is 0 Å². The highest BCUT2D eigenvalue weighted by molar-refractivity contribution is 5.86. The summed E-state index contributed by atoms with van der Waals surface area (Å²) in [6.45, 7) is 0. The molecule has 0 amide bonds. The molecule has 0 unspecified atom stereocenters. The van der Waals surface area contributed by atoms with Gasteiger partial charge in [0.2, 0.25) is 0 Å². The smallest absolute Gasteiger partial charge is 0.137 e. The standard InChI is InChI=1S/C2H3N3.3ClH/c1-3-2-5-4-1;;;/h1-2H,(H,3,4,5);3*1H. The predicted octanol–water partition coefficient (Wildman–Crippen LogP) is 1.07. The summed E-state index contributed by atoms with van der Waals surface area (Å²) >= 11 is 0. The van der Waals surface area contributed by atoms with E-state index in [-0.39, 0.29) is 37.2 Å². The van der Waals surface area contributed by atoms with Crippen LogP contribution in [0.5, 0.6) is 0 Å². The van der Waals surface area contributed by atoms with Crippen molar-refractivity contribution in [1.29, 1.82) is 0 Å². The van der Waals surface area contributed by atoms with Gasteiger partial charge in [-0.25, -0.2) is 4.98 Å². The van der Waals surface area contributed by atoms with Crippen molar-refractivity contribution in [2.45, 2.75) is 0 Å². The minimum Gasteiger partial charge on any atom is -0.266 e. The van der Waals surface area contributed by atoms with E-state index in [0.29, 0.717) is 0 Å². The summed E-state index contributed by atoms with van der Waals surface area (Å²) in [6, 6.07) is 0. The fourth-order valence-corrected chi connectivity index (χ4v) is 0.167. The zero-order chi connectivity index (χ0) is 3.54. The lowest BCUT2D eigenvalue weighted by Gasteiger charge is -1.46. The lowest BCUT2D eigenvalue weighted by Crippen LogP contribution is -1.53. The molecule has 0 aliphatic rings. The fourth-order valence-electron chi connectivity index (χ4n) is 0.167. The Morgan fingerprint density at radius 3 is 1.88 bits per heavy atom. The Morgan fingerprint density at radius 1 is 1.12 bits per heavy atom. The Balaban J connectivity index is -0.0000000833. The molecular weight excluding hydrogens is 172 g/mol. The van der Waals surface area contributed by atoms with Gasteiger partial charge in [-0.15, -0.1) is 37.2 Å². The van der Waals surface area contributed by atoms with Crippen molar-refractivity contribution >= 4 is 37.2 Å². The number of halogens is 3. The van der Waals surface area contributed by atoms with E-state index >= 15 is 0 Å². The first-order valence-corrected chi connectivity index (χ1v) is 1.29. The van der Waals surface area contributed by atoms with E-state index in [1.54, 1.807) is 0 Å². The molecule has 0 aliphatic carbocycles. The summed E-state index contributed by atoms with van der Waals surface area (Å²) in [4.78, 5) is 3.56. The lowest BCUT2D eigenvalue weighted by atomic mass is 11.3. The molecule has 0 bridgehead atoms. The second kappa shape index (κ2) is 10.1. The first kappa shape index (κ1) is 15.7. The van der Waals surface area contributed by atoms with Crippen LogP contribution in [-0.2, 0) is 0 Å². The highest BCUT2D eigenvalue weighted by Gasteiger charge is 1.57. The molecule has 50 valence electrons. The maximum absolute atomic E-state index is 3.56. The molecule has 3 nitrogen and oxygen atoms in total. The summed E-state index contributed by atoms with van der Waals surface area (Å²) < 4.78 is 0. The van der Waals surface area contributed by atoms with Crippen molar-refractivity contribution in [2.24, 2.45) is 0 Å². The highest BCUT2D eigenvalue weighted by Crippen LogP contribution is 1.53. The topological polar surface area (TPSA) is 41.6 Å². The van der Waals surface area contributed by atoms with Gasteiger partial charge in [-0.1, -0.05) is 0 Å². The van der Waals surface area contributed by atoms with Crippen LogP contribution in [0.1, 0.15) is 0 Å². The van der Waals surface area contributed by atoms with Gasteiger partial charge in [-0.2, -0.15) is 5.10 Å². The third-order valence-electron chi connectivity index (χ3n) is 0.331. The number of aromatic amines is 1. The normalized spacial score (nSPS) is 5.00. The second-order valence-corrected chi connectivity index (χ2v) is 0.652. The lowest BCUT2D eigenvalue weighted by molar-refractivity contribution is 1.09. The molecule has 1 aromatic heterocycles. The summed E-state index contributed by atoms with van der Waals surface area (Å²) in [7, 11) is 0. The van der Waals surface area contributed by atoms with Gasteiger partial charge in [0.1, 0.15) is 12.7 Å². The molecule has 1 heterocycles. The number of H-pyrrole nitrogens is 1. The maximum Gasteiger partial charge on any atom is 0.137 e. The van der Waals surface area contributed by atoms with Gasteiger partial charge in [0.15, 0.2) is 0 Å². The van der Waals surface area contributed by atoms with Crippen LogP contribution in [0.3, 0.4) is 0 Å². The third kappa shape index (κ3) is 6.01. The van der Waals surface area contributed by atoms with Crippen LogP contribution in [0.25, 0.3) is 0 Å². The molecule has 0 saturated heterocycles. The Bertz CT molecular complexity index is 69.0. The minimum absolute atomic E-state index is 0. The van der Waals surface area contributed by atoms with Gasteiger partial charge in [-0.3, -0.25) is 5.10 Å². The summed E-state index contributed by atoms with van der Waals surface area (Å²) in [6.07, 6.45) is 2.96. The largest absolute Gasteiger partial charge is 0.266 e. The van der Waals surface area contributed by atoms with Crippen molar-refractivity contribution in [2.75, 3.05) is 0 Å². The first-order valence-electron chi connectivity index (χ1n) is 1.29. The van der Waals surface area contributed by atoms with Crippen LogP contribution in [0, 0.1) is 0 Å². The molecule has 0 atom stereocenters. The molecule has 8 heavy (non-hydrogen) atoms. The Hall–Kier alpha value is 0.01000. The SMILES string of the molecule is Cl.Cl.Cl.c1nc[nH]n1. The monoisotopic (exact) mass is 177 g/mol. The molecule has 0 radical (unpaired) electrons. The average molecular weight is 178 g/mol. The summed E-state index contributed by atoms with van der Waals surface area (Å²) in [5, 5.41) is 5.99.